The van der Waals surface area contributed by atoms with Crippen molar-refractivity contribution in [3.8, 4) is 11.4 Å². The highest BCUT2D eigenvalue weighted by Crippen LogP contribution is 2.33. The Morgan fingerprint density at radius 3 is 2.81 bits per heavy atom. The molecule has 1 amide bonds. The van der Waals surface area contributed by atoms with Crippen LogP contribution in [0.5, 0.6) is 0 Å². The summed E-state index contributed by atoms with van der Waals surface area (Å²) in [7, 11) is 0. The van der Waals surface area contributed by atoms with E-state index < -0.39 is 5.82 Å². The molecule has 1 N–H and O–H groups in total. The first-order valence-corrected chi connectivity index (χ1v) is 10.8. The average molecular weight is 435 g/mol. The Morgan fingerprint density at radius 2 is 1.97 bits per heavy atom. The second kappa shape index (κ2) is 7.66. The van der Waals surface area contributed by atoms with Crippen molar-refractivity contribution in [2.75, 3.05) is 10.7 Å². The summed E-state index contributed by atoms with van der Waals surface area (Å²) in [4.78, 5) is 35.5. The second-order valence-electron chi connectivity index (χ2n) is 7.36. The number of nitrogens with zero attached hydrogens (tertiary/aromatic N) is 4. The number of benzene rings is 2. The van der Waals surface area contributed by atoms with Crippen molar-refractivity contribution in [3.63, 3.8) is 0 Å². The van der Waals surface area contributed by atoms with Crippen LogP contribution in [-0.4, -0.2) is 37.3 Å². The van der Waals surface area contributed by atoms with E-state index in [0.717, 1.165) is 17.7 Å². The monoisotopic (exact) mass is 435 g/mol. The fourth-order valence-electron chi connectivity index (χ4n) is 3.88. The van der Waals surface area contributed by atoms with Crippen molar-refractivity contribution in [1.29, 1.82) is 0 Å². The van der Waals surface area contributed by atoms with E-state index in [9.17, 15) is 14.0 Å². The van der Waals surface area contributed by atoms with Crippen LogP contribution in [0, 0.1) is 5.82 Å². The summed E-state index contributed by atoms with van der Waals surface area (Å²) in [6.07, 6.45) is 0.812. The number of hydrogen-bond donors (Lipinski definition) is 1. The van der Waals surface area contributed by atoms with Gasteiger partial charge in [-0.1, -0.05) is 42.1 Å². The van der Waals surface area contributed by atoms with Gasteiger partial charge in [0.05, 0.1) is 11.3 Å². The molecule has 9 heteroatoms. The van der Waals surface area contributed by atoms with Crippen LogP contribution < -0.4 is 10.5 Å². The predicted molar refractivity (Wildman–Crippen MR) is 117 cm³/mol. The number of fused-ring (bicyclic) bond motifs is 2. The number of para-hydroxylation sites is 1. The molecule has 4 aromatic rings. The summed E-state index contributed by atoms with van der Waals surface area (Å²) in [6, 6.07) is 15.4. The molecular formula is C22H18FN5O2S. The molecule has 7 nitrogen and oxygen atoms in total. The van der Waals surface area contributed by atoms with E-state index in [1.54, 1.807) is 23.1 Å². The number of aromatic amines is 1. The van der Waals surface area contributed by atoms with Crippen LogP contribution in [0.4, 0.5) is 10.1 Å². The van der Waals surface area contributed by atoms with Gasteiger partial charge >= 0.3 is 0 Å². The van der Waals surface area contributed by atoms with Crippen molar-refractivity contribution in [1.82, 2.24) is 19.6 Å². The number of carbonyl (C=O) groups is 1. The molecule has 1 aliphatic heterocycles. The van der Waals surface area contributed by atoms with Crippen LogP contribution in [-0.2, 0) is 11.2 Å². The quantitative estimate of drug-likeness (QED) is 0.498. The van der Waals surface area contributed by atoms with E-state index in [4.69, 9.17) is 0 Å². The Morgan fingerprint density at radius 1 is 1.19 bits per heavy atom. The number of carbonyl (C=O) groups excluding carboxylic acids is 1. The summed E-state index contributed by atoms with van der Waals surface area (Å²) in [5.41, 5.74) is 2.27. The highest BCUT2D eigenvalue weighted by atomic mass is 32.2. The van der Waals surface area contributed by atoms with E-state index in [-0.39, 0.29) is 34.6 Å². The van der Waals surface area contributed by atoms with Gasteiger partial charge in [-0.2, -0.15) is 0 Å². The molecule has 0 radical (unpaired) electrons. The SMILES string of the molecule is C[C@@H]1Cc2ccccc2N1C(=O)CSc1nc(-c2ccccc2F)nc2cc(=O)[nH]n12. The molecule has 3 heterocycles. The number of nitrogens with one attached hydrogen (secondary N) is 1. The molecule has 156 valence electrons. The highest BCUT2D eigenvalue weighted by Gasteiger charge is 2.30. The third-order valence-electron chi connectivity index (χ3n) is 5.24. The number of rotatable bonds is 4. The fourth-order valence-corrected chi connectivity index (χ4v) is 4.70. The summed E-state index contributed by atoms with van der Waals surface area (Å²) >= 11 is 1.18. The summed E-state index contributed by atoms with van der Waals surface area (Å²) in [6.45, 7) is 2.02. The van der Waals surface area contributed by atoms with Crippen LogP contribution in [0.15, 0.2) is 64.5 Å². The number of H-pyrrole nitrogens is 1. The summed E-state index contributed by atoms with van der Waals surface area (Å²) in [5, 5.41) is 2.99. The van der Waals surface area contributed by atoms with Crippen molar-refractivity contribution in [2.24, 2.45) is 0 Å². The minimum absolute atomic E-state index is 0.0591. The fraction of sp³-hybridized carbons (Fsp3) is 0.182. The first-order chi connectivity index (χ1) is 15.0. The van der Waals surface area contributed by atoms with Crippen molar-refractivity contribution >= 4 is 29.0 Å². The zero-order valence-electron chi connectivity index (χ0n) is 16.6. The van der Waals surface area contributed by atoms with Gasteiger partial charge in [-0.15, -0.1) is 0 Å². The Hall–Kier alpha value is -3.46. The number of halogens is 1. The van der Waals surface area contributed by atoms with E-state index in [1.165, 1.54) is 28.4 Å². The van der Waals surface area contributed by atoms with Crippen LogP contribution in [0.3, 0.4) is 0 Å². The molecule has 0 aliphatic carbocycles. The van der Waals surface area contributed by atoms with Crippen LogP contribution in [0.2, 0.25) is 0 Å². The Labute approximate surface area is 180 Å². The molecule has 5 rings (SSSR count). The number of amides is 1. The van der Waals surface area contributed by atoms with Crippen molar-refractivity contribution in [3.05, 3.63) is 76.3 Å². The van der Waals surface area contributed by atoms with Gasteiger partial charge in [0.1, 0.15) is 5.82 Å². The third-order valence-corrected chi connectivity index (χ3v) is 6.16. The normalized spacial score (nSPS) is 15.4. The zero-order valence-corrected chi connectivity index (χ0v) is 17.4. The summed E-state index contributed by atoms with van der Waals surface area (Å²) in [5.74, 6) is -0.246. The van der Waals surface area contributed by atoms with E-state index in [1.807, 2.05) is 31.2 Å². The Bertz CT molecular complexity index is 1370. The minimum atomic E-state index is -0.459. The number of thioether (sulfide) groups is 1. The maximum atomic E-state index is 14.3. The number of aromatic nitrogens is 4. The summed E-state index contributed by atoms with van der Waals surface area (Å²) < 4.78 is 15.7. The first-order valence-electron chi connectivity index (χ1n) is 9.79. The predicted octanol–water partition coefficient (Wildman–Crippen LogP) is 3.29. The van der Waals surface area contributed by atoms with Crippen LogP contribution in [0.1, 0.15) is 12.5 Å². The van der Waals surface area contributed by atoms with Gasteiger partial charge in [0.2, 0.25) is 5.91 Å². The Balaban J connectivity index is 1.47. The lowest BCUT2D eigenvalue weighted by Crippen LogP contribution is -2.37. The topological polar surface area (TPSA) is 83.4 Å². The van der Waals surface area contributed by atoms with Gasteiger partial charge in [0, 0.05) is 17.8 Å². The maximum Gasteiger partial charge on any atom is 0.266 e. The van der Waals surface area contributed by atoms with Gasteiger partial charge < -0.3 is 4.90 Å². The smallest absolute Gasteiger partial charge is 0.266 e. The zero-order chi connectivity index (χ0) is 21.5. The largest absolute Gasteiger partial charge is 0.308 e. The van der Waals surface area contributed by atoms with Crippen molar-refractivity contribution < 1.29 is 9.18 Å². The van der Waals surface area contributed by atoms with E-state index >= 15 is 0 Å². The van der Waals surface area contributed by atoms with Crippen LogP contribution >= 0.6 is 11.8 Å². The van der Waals surface area contributed by atoms with E-state index in [0.29, 0.717) is 10.8 Å². The third kappa shape index (κ3) is 3.50. The standard InChI is InChI=1S/C22H18FN5O2S/c1-13-10-14-6-2-5-9-17(14)27(13)20(30)12-31-22-25-21(15-7-3-4-8-16(15)23)24-18-11-19(29)26-28(18)22/h2-9,11,13H,10,12H2,1H3,(H,26,29)/t13-/m1/s1. The van der Waals surface area contributed by atoms with E-state index in [2.05, 4.69) is 15.1 Å². The molecule has 31 heavy (non-hydrogen) atoms. The van der Waals surface area contributed by atoms with Gasteiger partial charge in [-0.05, 0) is 37.1 Å². The molecule has 0 fully saturated rings. The molecule has 0 bridgehead atoms. The lowest BCUT2D eigenvalue weighted by atomic mass is 10.1. The molecule has 1 aliphatic rings. The molecule has 0 saturated carbocycles. The maximum absolute atomic E-state index is 14.3. The van der Waals surface area contributed by atoms with Gasteiger partial charge in [0.25, 0.3) is 5.56 Å². The number of anilines is 1. The number of hydrogen-bond acceptors (Lipinski definition) is 5. The molecule has 2 aromatic carbocycles. The molecule has 1 atom stereocenters. The lowest BCUT2D eigenvalue weighted by molar-refractivity contribution is -0.116. The van der Waals surface area contributed by atoms with Gasteiger partial charge in [-0.3, -0.25) is 14.7 Å². The van der Waals surface area contributed by atoms with Gasteiger partial charge in [-0.25, -0.2) is 18.9 Å². The molecular weight excluding hydrogens is 417 g/mol. The first kappa shape index (κ1) is 19.5. The lowest BCUT2D eigenvalue weighted by Gasteiger charge is -2.22. The highest BCUT2D eigenvalue weighted by molar-refractivity contribution is 7.99. The second-order valence-corrected chi connectivity index (χ2v) is 8.30. The van der Waals surface area contributed by atoms with Crippen LogP contribution in [0.25, 0.3) is 17.0 Å². The average Bonchev–Trinajstić information content (AvgIpc) is 3.30. The van der Waals surface area contributed by atoms with Crippen molar-refractivity contribution in [2.45, 2.75) is 24.5 Å². The molecule has 0 spiro atoms. The molecule has 0 unspecified atom stereocenters. The molecule has 2 aromatic heterocycles. The Kier molecular flexibility index (Phi) is 4.82. The van der Waals surface area contributed by atoms with Gasteiger partial charge in [0.15, 0.2) is 16.6 Å². The minimum Gasteiger partial charge on any atom is -0.308 e. The molecule has 0 saturated heterocycles.